The van der Waals surface area contributed by atoms with Crippen molar-refractivity contribution in [2.45, 2.75) is 32.1 Å². The molecule has 0 N–H and O–H groups in total. The molecule has 1 heterocycles. The highest BCUT2D eigenvalue weighted by Crippen LogP contribution is 2.32. The number of aryl methyl sites for hydroxylation is 1. The molecule has 6 heteroatoms. The fourth-order valence-corrected chi connectivity index (χ4v) is 3.32. The number of esters is 1. The zero-order valence-corrected chi connectivity index (χ0v) is 16.8. The van der Waals surface area contributed by atoms with Crippen molar-refractivity contribution >= 4 is 11.9 Å². The molecule has 0 unspecified atom stereocenters. The first-order valence-electron chi connectivity index (χ1n) is 9.97. The summed E-state index contributed by atoms with van der Waals surface area (Å²) in [5, 5.41) is 0. The van der Waals surface area contributed by atoms with Crippen LogP contribution in [0.3, 0.4) is 0 Å². The van der Waals surface area contributed by atoms with E-state index in [0.717, 1.165) is 19.3 Å². The molecule has 0 spiro atoms. The Morgan fingerprint density at radius 3 is 2.52 bits per heavy atom. The molecule has 0 bridgehead atoms. The van der Waals surface area contributed by atoms with Crippen molar-refractivity contribution in [3.8, 4) is 11.5 Å². The lowest BCUT2D eigenvalue weighted by Crippen LogP contribution is -2.33. The van der Waals surface area contributed by atoms with Crippen LogP contribution in [0.4, 0.5) is 0 Å². The van der Waals surface area contributed by atoms with Crippen LogP contribution in [0.2, 0.25) is 0 Å². The number of methoxy groups -OCH3 is 1. The minimum Gasteiger partial charge on any atom is -0.469 e. The van der Waals surface area contributed by atoms with E-state index >= 15 is 0 Å². The first-order valence-corrected chi connectivity index (χ1v) is 9.97. The molecule has 1 amide bonds. The standard InChI is InChI=1S/C23H27NO5/c1-27-22(25)11-5-6-14-24(15-7-10-18-8-3-2-4-9-18)23(26)19-12-13-20-21(16-19)29-17-28-20/h2-4,8-9,12-13,16H,5-7,10-11,14-15,17H2,1H3. The van der Waals surface area contributed by atoms with Gasteiger partial charge in [0.25, 0.3) is 5.91 Å². The van der Waals surface area contributed by atoms with Gasteiger partial charge in [0, 0.05) is 25.1 Å². The lowest BCUT2D eigenvalue weighted by Gasteiger charge is -2.23. The molecule has 2 aromatic rings. The Bertz CT molecular complexity index is 821. The number of carbonyl (C=O) groups is 2. The average molecular weight is 397 g/mol. The van der Waals surface area contributed by atoms with Gasteiger partial charge >= 0.3 is 5.97 Å². The number of fused-ring (bicyclic) bond motifs is 1. The van der Waals surface area contributed by atoms with Crippen LogP contribution in [-0.2, 0) is 16.0 Å². The van der Waals surface area contributed by atoms with Crippen LogP contribution in [0.15, 0.2) is 48.5 Å². The normalized spacial score (nSPS) is 11.9. The monoisotopic (exact) mass is 397 g/mol. The second kappa shape index (κ2) is 10.5. The minimum absolute atomic E-state index is 0.0329. The topological polar surface area (TPSA) is 65.1 Å². The molecule has 0 saturated carbocycles. The summed E-state index contributed by atoms with van der Waals surface area (Å²) < 4.78 is 15.4. The van der Waals surface area contributed by atoms with Gasteiger partial charge in [-0.2, -0.15) is 0 Å². The highest BCUT2D eigenvalue weighted by atomic mass is 16.7. The van der Waals surface area contributed by atoms with Crippen molar-refractivity contribution in [1.82, 2.24) is 4.90 Å². The molecule has 0 aliphatic carbocycles. The maximum absolute atomic E-state index is 13.1. The van der Waals surface area contributed by atoms with Crippen LogP contribution < -0.4 is 9.47 Å². The predicted octanol–water partition coefficient (Wildman–Crippen LogP) is 3.83. The number of nitrogens with zero attached hydrogens (tertiary/aromatic N) is 1. The number of hydrogen-bond donors (Lipinski definition) is 0. The second-order valence-electron chi connectivity index (χ2n) is 6.98. The molecule has 1 aliphatic rings. The van der Waals surface area contributed by atoms with Gasteiger partial charge in [0.15, 0.2) is 11.5 Å². The highest BCUT2D eigenvalue weighted by Gasteiger charge is 2.20. The Hall–Kier alpha value is -3.02. The first-order chi connectivity index (χ1) is 14.2. The molecule has 2 aromatic carbocycles. The molecule has 0 aromatic heterocycles. The van der Waals surface area contributed by atoms with E-state index in [4.69, 9.17) is 9.47 Å². The van der Waals surface area contributed by atoms with Crippen LogP contribution in [0, 0.1) is 0 Å². The average Bonchev–Trinajstić information content (AvgIpc) is 3.23. The SMILES string of the molecule is COC(=O)CCCCN(CCCc1ccccc1)C(=O)c1ccc2c(c1)OCO2. The van der Waals surface area contributed by atoms with Gasteiger partial charge in [-0.1, -0.05) is 30.3 Å². The quantitative estimate of drug-likeness (QED) is 0.450. The van der Waals surface area contributed by atoms with Gasteiger partial charge in [-0.3, -0.25) is 9.59 Å². The molecular formula is C23H27NO5. The largest absolute Gasteiger partial charge is 0.469 e. The van der Waals surface area contributed by atoms with Crippen molar-refractivity contribution in [1.29, 1.82) is 0 Å². The number of benzene rings is 2. The Balaban J connectivity index is 1.60. The van der Waals surface area contributed by atoms with Crippen LogP contribution in [-0.4, -0.2) is 43.8 Å². The van der Waals surface area contributed by atoms with Crippen LogP contribution in [0.1, 0.15) is 41.6 Å². The van der Waals surface area contributed by atoms with Crippen molar-refractivity contribution in [3.05, 3.63) is 59.7 Å². The molecule has 0 atom stereocenters. The third-order valence-electron chi connectivity index (χ3n) is 4.93. The second-order valence-corrected chi connectivity index (χ2v) is 6.98. The number of amides is 1. The molecule has 6 nitrogen and oxygen atoms in total. The van der Waals surface area contributed by atoms with Crippen molar-refractivity contribution in [3.63, 3.8) is 0 Å². The molecule has 154 valence electrons. The summed E-state index contributed by atoms with van der Waals surface area (Å²) in [6.07, 6.45) is 3.59. The van der Waals surface area contributed by atoms with Gasteiger partial charge in [0.05, 0.1) is 7.11 Å². The summed E-state index contributed by atoms with van der Waals surface area (Å²) in [7, 11) is 1.39. The zero-order chi connectivity index (χ0) is 20.5. The number of carbonyl (C=O) groups excluding carboxylic acids is 2. The molecule has 0 radical (unpaired) electrons. The van der Waals surface area contributed by atoms with Gasteiger partial charge in [0.2, 0.25) is 6.79 Å². The number of hydrogen-bond acceptors (Lipinski definition) is 5. The molecule has 29 heavy (non-hydrogen) atoms. The lowest BCUT2D eigenvalue weighted by atomic mass is 10.1. The van der Waals surface area contributed by atoms with Gasteiger partial charge in [-0.25, -0.2) is 0 Å². The fraction of sp³-hybridized carbons (Fsp3) is 0.391. The summed E-state index contributed by atoms with van der Waals surface area (Å²) in [5.74, 6) is 1.01. The Kier molecular flexibility index (Phi) is 7.50. The first kappa shape index (κ1) is 20.7. The molecule has 3 rings (SSSR count). The smallest absolute Gasteiger partial charge is 0.305 e. The van der Waals surface area contributed by atoms with Gasteiger partial charge in [-0.15, -0.1) is 0 Å². The minimum atomic E-state index is -0.220. The van der Waals surface area contributed by atoms with E-state index in [9.17, 15) is 9.59 Å². The number of ether oxygens (including phenoxy) is 3. The van der Waals surface area contributed by atoms with Crippen molar-refractivity contribution in [2.24, 2.45) is 0 Å². The van der Waals surface area contributed by atoms with Gasteiger partial charge in [0.1, 0.15) is 0 Å². The van der Waals surface area contributed by atoms with Gasteiger partial charge in [-0.05, 0) is 49.4 Å². The van der Waals surface area contributed by atoms with E-state index in [2.05, 4.69) is 16.9 Å². The van der Waals surface area contributed by atoms with E-state index in [1.165, 1.54) is 12.7 Å². The Labute approximate surface area is 171 Å². The van der Waals surface area contributed by atoms with E-state index < -0.39 is 0 Å². The van der Waals surface area contributed by atoms with Gasteiger partial charge < -0.3 is 19.1 Å². The third kappa shape index (κ3) is 5.98. The maximum Gasteiger partial charge on any atom is 0.305 e. The van der Waals surface area contributed by atoms with Crippen LogP contribution in [0.25, 0.3) is 0 Å². The van der Waals surface area contributed by atoms with E-state index in [0.29, 0.717) is 43.0 Å². The summed E-state index contributed by atoms with van der Waals surface area (Å²) in [4.78, 5) is 26.3. The summed E-state index contributed by atoms with van der Waals surface area (Å²) >= 11 is 0. The van der Waals surface area contributed by atoms with E-state index in [1.807, 2.05) is 23.1 Å². The lowest BCUT2D eigenvalue weighted by molar-refractivity contribution is -0.140. The van der Waals surface area contributed by atoms with E-state index in [-0.39, 0.29) is 18.7 Å². The van der Waals surface area contributed by atoms with E-state index in [1.54, 1.807) is 18.2 Å². The summed E-state index contributed by atoms with van der Waals surface area (Å²) in [6.45, 7) is 1.43. The highest BCUT2D eigenvalue weighted by molar-refractivity contribution is 5.95. The number of rotatable bonds is 10. The zero-order valence-electron chi connectivity index (χ0n) is 16.8. The van der Waals surface area contributed by atoms with Crippen LogP contribution >= 0.6 is 0 Å². The van der Waals surface area contributed by atoms with Crippen LogP contribution in [0.5, 0.6) is 11.5 Å². The predicted molar refractivity (Wildman–Crippen MR) is 109 cm³/mol. The number of unbranched alkanes of at least 4 members (excludes halogenated alkanes) is 1. The third-order valence-corrected chi connectivity index (χ3v) is 4.93. The van der Waals surface area contributed by atoms with Crippen molar-refractivity contribution < 1.29 is 23.8 Å². The molecule has 0 saturated heterocycles. The molecular weight excluding hydrogens is 370 g/mol. The molecule has 0 fully saturated rings. The Morgan fingerprint density at radius 2 is 1.72 bits per heavy atom. The fourth-order valence-electron chi connectivity index (χ4n) is 3.32. The Morgan fingerprint density at radius 1 is 0.966 bits per heavy atom. The van der Waals surface area contributed by atoms with Crippen molar-refractivity contribution in [2.75, 3.05) is 27.0 Å². The summed E-state index contributed by atoms with van der Waals surface area (Å²) in [5.41, 5.74) is 1.84. The summed E-state index contributed by atoms with van der Waals surface area (Å²) in [6, 6.07) is 15.5. The maximum atomic E-state index is 13.1. The molecule has 1 aliphatic heterocycles.